The van der Waals surface area contributed by atoms with Gasteiger partial charge in [-0.25, -0.2) is 9.78 Å². The summed E-state index contributed by atoms with van der Waals surface area (Å²) in [5, 5.41) is 17.1. The summed E-state index contributed by atoms with van der Waals surface area (Å²) >= 11 is 0. The minimum Gasteiger partial charge on any atom is -0.480 e. The van der Waals surface area contributed by atoms with E-state index < -0.39 is 53.8 Å². The molecular weight excluding hydrogens is 470 g/mol. The number of aromatic nitrogens is 2. The van der Waals surface area contributed by atoms with Crippen LogP contribution in [-0.2, 0) is 30.4 Å². The van der Waals surface area contributed by atoms with Crippen molar-refractivity contribution < 1.29 is 29.1 Å². The zero-order valence-corrected chi connectivity index (χ0v) is 21.2. The molecule has 4 atom stereocenters. The lowest BCUT2D eigenvalue weighted by molar-refractivity contribution is -0.143. The number of carbonyl (C=O) groups excluding carboxylic acids is 4. The lowest BCUT2D eigenvalue weighted by atomic mass is 10.00. The number of carboxylic acid groups (broad SMARTS) is 1. The van der Waals surface area contributed by atoms with Crippen LogP contribution in [-0.4, -0.2) is 68.8 Å². The van der Waals surface area contributed by atoms with Crippen LogP contribution in [0.3, 0.4) is 0 Å². The van der Waals surface area contributed by atoms with Gasteiger partial charge in [-0.2, -0.15) is 0 Å². The monoisotopic (exact) mass is 509 g/mol. The first-order valence-corrected chi connectivity index (χ1v) is 11.9. The first-order chi connectivity index (χ1) is 16.8. The Morgan fingerprint density at radius 2 is 1.44 bits per heavy atom. The molecular formula is C23H39N7O6. The third-order valence-corrected chi connectivity index (χ3v) is 5.31. The minimum absolute atomic E-state index is 0.0175. The highest BCUT2D eigenvalue weighted by atomic mass is 16.4. The zero-order chi connectivity index (χ0) is 27.4. The molecule has 0 aromatic carbocycles. The van der Waals surface area contributed by atoms with Crippen molar-refractivity contribution in [1.29, 1.82) is 0 Å². The largest absolute Gasteiger partial charge is 0.480 e. The molecule has 36 heavy (non-hydrogen) atoms. The van der Waals surface area contributed by atoms with Gasteiger partial charge in [0.15, 0.2) is 0 Å². The van der Waals surface area contributed by atoms with Crippen LogP contribution >= 0.6 is 0 Å². The molecule has 13 nitrogen and oxygen atoms in total. The van der Waals surface area contributed by atoms with Crippen LogP contribution in [0.4, 0.5) is 0 Å². The molecule has 0 saturated heterocycles. The van der Waals surface area contributed by atoms with Crippen LogP contribution in [0.1, 0.15) is 59.1 Å². The first kappa shape index (κ1) is 30.6. The van der Waals surface area contributed by atoms with Crippen LogP contribution in [0.2, 0.25) is 0 Å². The number of H-pyrrole nitrogens is 1. The molecule has 9 N–H and O–H groups in total. The van der Waals surface area contributed by atoms with E-state index in [-0.39, 0.29) is 43.9 Å². The van der Waals surface area contributed by atoms with E-state index in [9.17, 15) is 29.1 Å². The van der Waals surface area contributed by atoms with Crippen molar-refractivity contribution in [2.75, 3.05) is 0 Å². The molecule has 4 unspecified atom stereocenters. The van der Waals surface area contributed by atoms with Gasteiger partial charge in [0.25, 0.3) is 0 Å². The minimum atomic E-state index is -1.19. The van der Waals surface area contributed by atoms with E-state index in [1.807, 2.05) is 27.7 Å². The Morgan fingerprint density at radius 1 is 0.917 bits per heavy atom. The molecule has 0 saturated carbocycles. The number of carboxylic acids is 1. The fourth-order valence-corrected chi connectivity index (χ4v) is 3.50. The Hall–Kier alpha value is -3.48. The Labute approximate surface area is 210 Å². The Balaban J connectivity index is 2.98. The summed E-state index contributed by atoms with van der Waals surface area (Å²) in [7, 11) is 0. The van der Waals surface area contributed by atoms with Crippen molar-refractivity contribution >= 4 is 29.6 Å². The Morgan fingerprint density at radius 3 is 1.94 bits per heavy atom. The summed E-state index contributed by atoms with van der Waals surface area (Å²) in [6.07, 6.45) is 3.24. The maximum Gasteiger partial charge on any atom is 0.326 e. The third kappa shape index (κ3) is 11.3. The number of aliphatic carboxylic acids is 1. The van der Waals surface area contributed by atoms with E-state index in [1.54, 1.807) is 0 Å². The quantitative estimate of drug-likeness (QED) is 0.149. The zero-order valence-electron chi connectivity index (χ0n) is 21.2. The second-order valence-corrected chi connectivity index (χ2v) is 9.67. The molecule has 0 radical (unpaired) electrons. The maximum absolute atomic E-state index is 13.1. The van der Waals surface area contributed by atoms with E-state index in [0.29, 0.717) is 5.69 Å². The highest BCUT2D eigenvalue weighted by Gasteiger charge is 2.31. The van der Waals surface area contributed by atoms with Gasteiger partial charge in [-0.1, -0.05) is 27.7 Å². The standard InChI is InChI=1S/C23H39N7O6/c1-12(2)7-17(22(34)30-18(23(35)36)8-13(3)4)29-21(33)16(5-6-19(25)31)28-20(32)15(24)9-14-10-26-11-27-14/h10-13,15-18H,5-9,24H2,1-4H3,(H2,25,31)(H,26,27)(H,28,32)(H,29,33)(H,30,34)(H,35,36). The van der Waals surface area contributed by atoms with Crippen molar-refractivity contribution in [3.05, 3.63) is 18.2 Å². The average Bonchev–Trinajstić information content (AvgIpc) is 3.27. The fourth-order valence-electron chi connectivity index (χ4n) is 3.50. The number of imidazole rings is 1. The SMILES string of the molecule is CC(C)CC(NC(=O)C(CC(C)C)NC(=O)C(CCC(N)=O)NC(=O)C(N)Cc1cnc[nH]1)C(=O)O. The predicted molar refractivity (Wildman–Crippen MR) is 131 cm³/mol. The lowest BCUT2D eigenvalue weighted by Crippen LogP contribution is -2.57. The molecule has 13 heteroatoms. The van der Waals surface area contributed by atoms with Gasteiger partial charge < -0.3 is 37.5 Å². The summed E-state index contributed by atoms with van der Waals surface area (Å²) in [6, 6.07) is -4.37. The number of carbonyl (C=O) groups is 5. The lowest BCUT2D eigenvalue weighted by Gasteiger charge is -2.26. The second kappa shape index (κ2) is 14.8. The third-order valence-electron chi connectivity index (χ3n) is 5.31. The van der Waals surface area contributed by atoms with Gasteiger partial charge in [-0.05, 0) is 31.1 Å². The number of rotatable bonds is 16. The highest BCUT2D eigenvalue weighted by molar-refractivity contribution is 5.94. The molecule has 1 heterocycles. The molecule has 202 valence electrons. The van der Waals surface area contributed by atoms with Crippen LogP contribution in [0.25, 0.3) is 0 Å². The van der Waals surface area contributed by atoms with E-state index in [1.165, 1.54) is 12.5 Å². The molecule has 4 amide bonds. The number of nitrogens with one attached hydrogen (secondary N) is 4. The molecule has 0 bridgehead atoms. The Kier molecular flexibility index (Phi) is 12.6. The average molecular weight is 510 g/mol. The molecule has 0 aliphatic heterocycles. The number of nitrogens with zero attached hydrogens (tertiary/aromatic N) is 1. The van der Waals surface area contributed by atoms with Gasteiger partial charge in [0, 0.05) is 24.7 Å². The van der Waals surface area contributed by atoms with Gasteiger partial charge in [0.1, 0.15) is 18.1 Å². The van der Waals surface area contributed by atoms with E-state index >= 15 is 0 Å². The second-order valence-electron chi connectivity index (χ2n) is 9.67. The van der Waals surface area contributed by atoms with Gasteiger partial charge in [0.05, 0.1) is 12.4 Å². The number of hydrogen-bond acceptors (Lipinski definition) is 7. The molecule has 0 aliphatic carbocycles. The van der Waals surface area contributed by atoms with Crippen molar-refractivity contribution in [2.45, 2.75) is 84.0 Å². The smallest absolute Gasteiger partial charge is 0.326 e. The van der Waals surface area contributed by atoms with Crippen molar-refractivity contribution in [3.8, 4) is 0 Å². The van der Waals surface area contributed by atoms with Gasteiger partial charge in [-0.3, -0.25) is 19.2 Å². The molecule has 1 aromatic heterocycles. The van der Waals surface area contributed by atoms with Crippen molar-refractivity contribution in [3.63, 3.8) is 0 Å². The normalized spacial score (nSPS) is 14.5. The van der Waals surface area contributed by atoms with Crippen LogP contribution in [0.15, 0.2) is 12.5 Å². The molecule has 1 rings (SSSR count). The number of hydrogen-bond donors (Lipinski definition) is 7. The number of nitrogens with two attached hydrogens (primary N) is 2. The summed E-state index contributed by atoms with van der Waals surface area (Å²) in [5.41, 5.74) is 11.8. The topological polar surface area (TPSA) is 222 Å². The van der Waals surface area contributed by atoms with E-state index in [0.717, 1.165) is 0 Å². The van der Waals surface area contributed by atoms with Crippen molar-refractivity contribution in [1.82, 2.24) is 25.9 Å². The first-order valence-electron chi connectivity index (χ1n) is 11.9. The fraction of sp³-hybridized carbons (Fsp3) is 0.652. The van der Waals surface area contributed by atoms with Crippen LogP contribution < -0.4 is 27.4 Å². The van der Waals surface area contributed by atoms with Crippen LogP contribution in [0.5, 0.6) is 0 Å². The highest BCUT2D eigenvalue weighted by Crippen LogP contribution is 2.10. The summed E-state index contributed by atoms with van der Waals surface area (Å²) in [6.45, 7) is 7.35. The number of primary amides is 1. The summed E-state index contributed by atoms with van der Waals surface area (Å²) in [4.78, 5) is 68.3. The molecule has 0 aliphatic rings. The number of amides is 4. The number of aromatic amines is 1. The van der Waals surface area contributed by atoms with Gasteiger partial charge in [-0.15, -0.1) is 0 Å². The van der Waals surface area contributed by atoms with E-state index in [2.05, 4.69) is 25.9 Å². The summed E-state index contributed by atoms with van der Waals surface area (Å²) < 4.78 is 0. The maximum atomic E-state index is 13.1. The van der Waals surface area contributed by atoms with Gasteiger partial charge >= 0.3 is 5.97 Å². The van der Waals surface area contributed by atoms with Crippen molar-refractivity contribution in [2.24, 2.45) is 23.3 Å². The predicted octanol–water partition coefficient (Wildman–Crippen LogP) is -0.824. The molecule has 0 spiro atoms. The summed E-state index contributed by atoms with van der Waals surface area (Å²) in [5.74, 6) is -3.85. The van der Waals surface area contributed by atoms with Gasteiger partial charge in [0.2, 0.25) is 23.6 Å². The van der Waals surface area contributed by atoms with E-state index in [4.69, 9.17) is 11.5 Å². The molecule has 0 fully saturated rings. The van der Waals surface area contributed by atoms with Crippen LogP contribution in [0, 0.1) is 11.8 Å². The Bertz CT molecular complexity index is 888. The molecule has 1 aromatic rings.